The first-order chi connectivity index (χ1) is 9.07. The second-order valence-corrected chi connectivity index (χ2v) is 4.62. The van der Waals surface area contributed by atoms with Crippen LogP contribution in [0.1, 0.15) is 51.4 Å². The second-order valence-electron chi connectivity index (χ2n) is 4.62. The molecule has 0 fully saturated rings. The fourth-order valence-electron chi connectivity index (χ4n) is 1.77. The van der Waals surface area contributed by atoms with Gasteiger partial charge in [0.1, 0.15) is 0 Å². The summed E-state index contributed by atoms with van der Waals surface area (Å²) in [5, 5.41) is 17.4. The molecule has 108 valence electrons. The van der Waals surface area contributed by atoms with Crippen LogP contribution in [0.2, 0.25) is 0 Å². The fraction of sp³-hybridized carbons (Fsp3) is 0.600. The Morgan fingerprint density at radius 3 is 2.16 bits per heavy atom. The molecule has 0 aromatic rings. The van der Waals surface area contributed by atoms with E-state index in [-0.39, 0.29) is 12.8 Å². The van der Waals surface area contributed by atoms with Crippen molar-refractivity contribution in [3.05, 3.63) is 24.8 Å². The van der Waals surface area contributed by atoms with E-state index in [0.29, 0.717) is 0 Å². The highest BCUT2D eigenvalue weighted by atomic mass is 16.4. The highest BCUT2D eigenvalue weighted by molar-refractivity contribution is 5.77. The van der Waals surface area contributed by atoms with E-state index in [1.165, 1.54) is 12.8 Å². The normalized spacial score (nSPS) is 12.4. The summed E-state index contributed by atoms with van der Waals surface area (Å²) in [6.45, 7) is 3.67. The largest absolute Gasteiger partial charge is 0.481 e. The van der Waals surface area contributed by atoms with E-state index in [2.05, 4.69) is 6.58 Å². The Labute approximate surface area is 114 Å². The molecule has 0 aliphatic heterocycles. The quantitative estimate of drug-likeness (QED) is 0.418. The van der Waals surface area contributed by atoms with Crippen LogP contribution in [0, 0.1) is 5.92 Å². The fourth-order valence-corrected chi connectivity index (χ4v) is 1.77. The first kappa shape index (κ1) is 17.4. The standard InChI is InChI=1S/C15H24O4/c1-2-3-4-5-6-7-8-9-10-11-13(15(18)19)12-14(16)17/h2,9-10,13H,1,3-8,11-12H2,(H,16,17)(H,18,19)/b10-9+. The highest BCUT2D eigenvalue weighted by Gasteiger charge is 2.18. The topological polar surface area (TPSA) is 74.6 Å². The molecule has 1 atom stereocenters. The van der Waals surface area contributed by atoms with Crippen LogP contribution in [-0.4, -0.2) is 22.2 Å². The maximum atomic E-state index is 10.8. The van der Waals surface area contributed by atoms with Gasteiger partial charge in [-0.15, -0.1) is 6.58 Å². The van der Waals surface area contributed by atoms with Gasteiger partial charge in [0.25, 0.3) is 0 Å². The average Bonchev–Trinajstić information content (AvgIpc) is 2.34. The van der Waals surface area contributed by atoms with Crippen LogP contribution in [-0.2, 0) is 9.59 Å². The van der Waals surface area contributed by atoms with Crippen LogP contribution in [0.4, 0.5) is 0 Å². The Bertz CT molecular complexity index is 307. The van der Waals surface area contributed by atoms with Crippen molar-refractivity contribution in [2.45, 2.75) is 51.4 Å². The van der Waals surface area contributed by atoms with Gasteiger partial charge in [0.05, 0.1) is 12.3 Å². The maximum absolute atomic E-state index is 10.8. The molecule has 4 nitrogen and oxygen atoms in total. The van der Waals surface area contributed by atoms with Crippen molar-refractivity contribution in [2.75, 3.05) is 0 Å². The Hall–Kier alpha value is -1.58. The molecule has 0 amide bonds. The van der Waals surface area contributed by atoms with Gasteiger partial charge in [-0.3, -0.25) is 9.59 Å². The molecule has 0 spiro atoms. The number of hydrogen-bond donors (Lipinski definition) is 2. The van der Waals surface area contributed by atoms with Crippen molar-refractivity contribution in [2.24, 2.45) is 5.92 Å². The summed E-state index contributed by atoms with van der Waals surface area (Å²) in [6, 6.07) is 0. The Balaban J connectivity index is 3.66. The van der Waals surface area contributed by atoms with Crippen LogP contribution >= 0.6 is 0 Å². The van der Waals surface area contributed by atoms with Crippen LogP contribution in [0.15, 0.2) is 24.8 Å². The van der Waals surface area contributed by atoms with Gasteiger partial charge >= 0.3 is 11.9 Å². The molecular formula is C15H24O4. The first-order valence-corrected chi connectivity index (χ1v) is 6.78. The van der Waals surface area contributed by atoms with Crippen molar-refractivity contribution < 1.29 is 19.8 Å². The predicted octanol–water partition coefficient (Wildman–Crippen LogP) is 3.63. The van der Waals surface area contributed by atoms with E-state index in [4.69, 9.17) is 10.2 Å². The van der Waals surface area contributed by atoms with Crippen LogP contribution in [0.25, 0.3) is 0 Å². The molecular weight excluding hydrogens is 244 g/mol. The summed E-state index contributed by atoms with van der Waals surface area (Å²) >= 11 is 0. The van der Waals surface area contributed by atoms with Crippen LogP contribution in [0.3, 0.4) is 0 Å². The summed E-state index contributed by atoms with van der Waals surface area (Å²) in [4.78, 5) is 21.3. The second kappa shape index (κ2) is 11.5. The lowest BCUT2D eigenvalue weighted by molar-refractivity contribution is -0.148. The number of allylic oxidation sites excluding steroid dienone is 3. The Morgan fingerprint density at radius 2 is 1.63 bits per heavy atom. The molecule has 0 aliphatic rings. The van der Waals surface area contributed by atoms with Gasteiger partial charge in [0.15, 0.2) is 0 Å². The van der Waals surface area contributed by atoms with Crippen molar-refractivity contribution in [3.8, 4) is 0 Å². The smallest absolute Gasteiger partial charge is 0.307 e. The third kappa shape index (κ3) is 11.3. The maximum Gasteiger partial charge on any atom is 0.307 e. The molecule has 0 aromatic heterocycles. The SMILES string of the molecule is C=CCCCCCC/C=C/CC(CC(=O)O)C(=O)O. The van der Waals surface area contributed by atoms with E-state index in [1.54, 1.807) is 6.08 Å². The summed E-state index contributed by atoms with van der Waals surface area (Å²) in [6.07, 6.45) is 12.2. The number of unbranched alkanes of at least 4 members (excludes halogenated alkanes) is 5. The molecule has 1 unspecified atom stereocenters. The molecule has 0 heterocycles. The summed E-state index contributed by atoms with van der Waals surface area (Å²) in [5.41, 5.74) is 0. The van der Waals surface area contributed by atoms with Gasteiger partial charge in [0.2, 0.25) is 0 Å². The summed E-state index contributed by atoms with van der Waals surface area (Å²) in [5.74, 6) is -2.93. The van der Waals surface area contributed by atoms with Crippen molar-refractivity contribution >= 4 is 11.9 Å². The number of hydrogen-bond acceptors (Lipinski definition) is 2. The van der Waals surface area contributed by atoms with E-state index in [0.717, 1.165) is 25.7 Å². The molecule has 19 heavy (non-hydrogen) atoms. The van der Waals surface area contributed by atoms with Gasteiger partial charge in [-0.25, -0.2) is 0 Å². The van der Waals surface area contributed by atoms with E-state index < -0.39 is 17.9 Å². The third-order valence-corrected chi connectivity index (χ3v) is 2.89. The van der Waals surface area contributed by atoms with Crippen molar-refractivity contribution in [1.29, 1.82) is 0 Å². The summed E-state index contributed by atoms with van der Waals surface area (Å²) < 4.78 is 0. The average molecular weight is 268 g/mol. The zero-order chi connectivity index (χ0) is 14.5. The summed E-state index contributed by atoms with van der Waals surface area (Å²) in [7, 11) is 0. The van der Waals surface area contributed by atoms with Gasteiger partial charge < -0.3 is 10.2 Å². The lowest BCUT2D eigenvalue weighted by Crippen LogP contribution is -2.16. The van der Waals surface area contributed by atoms with Gasteiger partial charge in [-0.1, -0.05) is 31.1 Å². The Kier molecular flexibility index (Phi) is 10.6. The van der Waals surface area contributed by atoms with Crippen molar-refractivity contribution in [3.63, 3.8) is 0 Å². The molecule has 0 aromatic carbocycles. The first-order valence-electron chi connectivity index (χ1n) is 6.78. The lowest BCUT2D eigenvalue weighted by atomic mass is 10.0. The molecule has 0 rings (SSSR count). The third-order valence-electron chi connectivity index (χ3n) is 2.89. The van der Waals surface area contributed by atoms with E-state index in [1.807, 2.05) is 12.2 Å². The molecule has 0 radical (unpaired) electrons. The minimum absolute atomic E-state index is 0.290. The van der Waals surface area contributed by atoms with Gasteiger partial charge in [-0.2, -0.15) is 0 Å². The minimum Gasteiger partial charge on any atom is -0.481 e. The Morgan fingerprint density at radius 1 is 1.00 bits per heavy atom. The highest BCUT2D eigenvalue weighted by Crippen LogP contribution is 2.11. The number of carboxylic acid groups (broad SMARTS) is 2. The van der Waals surface area contributed by atoms with Crippen LogP contribution < -0.4 is 0 Å². The molecule has 0 saturated heterocycles. The number of aliphatic carboxylic acids is 2. The number of rotatable bonds is 12. The van der Waals surface area contributed by atoms with E-state index in [9.17, 15) is 9.59 Å². The minimum atomic E-state index is -1.07. The van der Waals surface area contributed by atoms with Crippen LogP contribution in [0.5, 0.6) is 0 Å². The van der Waals surface area contributed by atoms with Crippen molar-refractivity contribution in [1.82, 2.24) is 0 Å². The molecule has 2 N–H and O–H groups in total. The molecule has 0 bridgehead atoms. The zero-order valence-electron chi connectivity index (χ0n) is 11.4. The molecule has 0 aliphatic carbocycles. The molecule has 0 saturated carbocycles. The zero-order valence-corrected chi connectivity index (χ0v) is 11.4. The van der Waals surface area contributed by atoms with E-state index >= 15 is 0 Å². The van der Waals surface area contributed by atoms with Gasteiger partial charge in [0, 0.05) is 0 Å². The monoisotopic (exact) mass is 268 g/mol. The molecule has 4 heteroatoms. The lowest BCUT2D eigenvalue weighted by Gasteiger charge is -2.05. The number of carbonyl (C=O) groups is 2. The predicted molar refractivity (Wildman–Crippen MR) is 75.0 cm³/mol. The van der Waals surface area contributed by atoms with Gasteiger partial charge in [-0.05, 0) is 32.1 Å². The number of carboxylic acids is 2.